The zero-order valence-electron chi connectivity index (χ0n) is 19.5. The number of carbonyl (C=O) groups is 1. The van der Waals surface area contributed by atoms with Gasteiger partial charge >= 0.3 is 12.1 Å². The number of carbonyl (C=O) groups excluding carboxylic acids is 1. The van der Waals surface area contributed by atoms with Gasteiger partial charge in [0.1, 0.15) is 0 Å². The molecule has 3 aromatic carbocycles. The van der Waals surface area contributed by atoms with Gasteiger partial charge in [0.25, 0.3) is 0 Å². The van der Waals surface area contributed by atoms with Gasteiger partial charge in [-0.25, -0.2) is 4.79 Å². The first-order valence-electron chi connectivity index (χ1n) is 11.0. The number of alkyl halides is 3. The lowest BCUT2D eigenvalue weighted by molar-refractivity contribution is -0.137. The second kappa shape index (κ2) is 9.19. The highest BCUT2D eigenvalue weighted by Crippen LogP contribution is 2.34. The number of aromatic nitrogens is 2. The third-order valence-electron chi connectivity index (χ3n) is 5.85. The molecule has 0 amide bonds. The Morgan fingerprint density at radius 2 is 1.63 bits per heavy atom. The summed E-state index contributed by atoms with van der Waals surface area (Å²) in [5.74, 6) is -0.434. The van der Waals surface area contributed by atoms with Crippen LogP contribution in [0.5, 0.6) is 0 Å². The topological polar surface area (TPSA) is 64.3 Å². The van der Waals surface area contributed by atoms with Gasteiger partial charge in [0.2, 0.25) is 0 Å². The van der Waals surface area contributed by atoms with Gasteiger partial charge in [0.05, 0.1) is 41.6 Å². The number of fused-ring (bicyclic) bond motifs is 1. The van der Waals surface area contributed by atoms with Crippen molar-refractivity contribution in [1.29, 1.82) is 0 Å². The third kappa shape index (κ3) is 5.38. The Kier molecular flexibility index (Phi) is 6.42. The van der Waals surface area contributed by atoms with Crippen LogP contribution in [-0.2, 0) is 10.9 Å². The monoisotopic (exact) mass is 482 g/mol. The molecule has 0 aliphatic rings. The predicted molar refractivity (Wildman–Crippen MR) is 127 cm³/mol. The minimum atomic E-state index is -4.38. The molecule has 0 radical (unpaired) electrons. The lowest BCUT2D eigenvalue weighted by Gasteiger charge is -2.26. The van der Waals surface area contributed by atoms with Gasteiger partial charge in [-0.05, 0) is 66.9 Å². The Morgan fingerprint density at radius 3 is 2.20 bits per heavy atom. The fourth-order valence-corrected chi connectivity index (χ4v) is 4.11. The van der Waals surface area contributed by atoms with E-state index in [1.807, 2.05) is 35.0 Å². The second-order valence-electron chi connectivity index (χ2n) is 9.08. The SMILES string of the molecule is COC(=O)c1ccc(C(CC(C)(C)O)n2ncc3cc(-c4ccc(C(F)(F)F)cc4)ccc32)cc1. The molecule has 5 nitrogen and oxygen atoms in total. The van der Waals surface area contributed by atoms with E-state index in [0.29, 0.717) is 17.5 Å². The normalized spacial score (nSPS) is 13.1. The summed E-state index contributed by atoms with van der Waals surface area (Å²) < 4.78 is 45.3. The molecular weight excluding hydrogens is 457 g/mol. The van der Waals surface area contributed by atoms with Crippen molar-refractivity contribution in [3.8, 4) is 11.1 Å². The molecule has 0 bridgehead atoms. The number of methoxy groups -OCH3 is 1. The van der Waals surface area contributed by atoms with Crippen LogP contribution in [0, 0.1) is 0 Å². The number of rotatable bonds is 6. The molecule has 0 fully saturated rings. The Labute approximate surface area is 200 Å². The van der Waals surface area contributed by atoms with Crippen molar-refractivity contribution in [1.82, 2.24) is 9.78 Å². The molecule has 1 N–H and O–H groups in total. The van der Waals surface area contributed by atoms with Crippen molar-refractivity contribution in [3.63, 3.8) is 0 Å². The van der Waals surface area contributed by atoms with Gasteiger partial charge in [-0.2, -0.15) is 18.3 Å². The van der Waals surface area contributed by atoms with Gasteiger partial charge in [0.15, 0.2) is 0 Å². The molecule has 1 atom stereocenters. The quantitative estimate of drug-likeness (QED) is 0.330. The number of esters is 1. The predicted octanol–water partition coefficient (Wildman–Crippen LogP) is 6.26. The number of aliphatic hydroxyl groups is 1. The molecule has 8 heteroatoms. The first-order valence-corrected chi connectivity index (χ1v) is 11.0. The molecule has 1 unspecified atom stereocenters. The van der Waals surface area contributed by atoms with Crippen LogP contribution in [0.1, 0.15) is 47.8 Å². The average Bonchev–Trinajstić information content (AvgIpc) is 3.24. The molecule has 0 aliphatic heterocycles. The molecule has 1 aromatic heterocycles. The van der Waals surface area contributed by atoms with Crippen molar-refractivity contribution in [2.24, 2.45) is 0 Å². The van der Waals surface area contributed by atoms with Crippen LogP contribution in [0.25, 0.3) is 22.0 Å². The minimum absolute atomic E-state index is 0.323. The second-order valence-corrected chi connectivity index (χ2v) is 9.08. The van der Waals surface area contributed by atoms with Crippen molar-refractivity contribution < 1.29 is 27.8 Å². The van der Waals surface area contributed by atoms with Crippen LogP contribution < -0.4 is 0 Å². The van der Waals surface area contributed by atoms with Gasteiger partial charge in [-0.15, -0.1) is 0 Å². The Balaban J connectivity index is 1.71. The number of hydrogen-bond acceptors (Lipinski definition) is 4. The summed E-state index contributed by atoms with van der Waals surface area (Å²) in [5, 5.41) is 16.0. The van der Waals surface area contributed by atoms with E-state index in [1.165, 1.54) is 19.2 Å². The Hall–Kier alpha value is -3.65. The van der Waals surface area contributed by atoms with Crippen molar-refractivity contribution >= 4 is 16.9 Å². The fraction of sp³-hybridized carbons (Fsp3) is 0.259. The number of hydrogen-bond donors (Lipinski definition) is 1. The molecule has 35 heavy (non-hydrogen) atoms. The van der Waals surface area contributed by atoms with E-state index in [1.54, 1.807) is 32.2 Å². The van der Waals surface area contributed by atoms with Crippen molar-refractivity contribution in [3.05, 3.63) is 89.6 Å². The highest BCUT2D eigenvalue weighted by molar-refractivity contribution is 5.89. The van der Waals surface area contributed by atoms with E-state index >= 15 is 0 Å². The molecule has 4 rings (SSSR count). The lowest BCUT2D eigenvalue weighted by Crippen LogP contribution is -2.26. The largest absolute Gasteiger partial charge is 0.465 e. The first-order chi connectivity index (χ1) is 16.5. The molecule has 0 aliphatic carbocycles. The Morgan fingerprint density at radius 1 is 1.00 bits per heavy atom. The van der Waals surface area contributed by atoms with E-state index in [4.69, 9.17) is 4.74 Å². The summed E-state index contributed by atoms with van der Waals surface area (Å²) in [5.41, 5.74) is 1.84. The van der Waals surface area contributed by atoms with Gasteiger partial charge in [-0.3, -0.25) is 4.68 Å². The zero-order chi connectivity index (χ0) is 25.4. The number of halogens is 3. The number of nitrogens with zero attached hydrogens (tertiary/aromatic N) is 2. The summed E-state index contributed by atoms with van der Waals surface area (Å²) in [6.45, 7) is 3.44. The number of benzene rings is 3. The van der Waals surface area contributed by atoms with Crippen LogP contribution in [0.2, 0.25) is 0 Å². The molecular formula is C27H25F3N2O3. The molecule has 0 spiro atoms. The maximum atomic E-state index is 12.9. The molecule has 0 saturated heterocycles. The maximum absolute atomic E-state index is 12.9. The average molecular weight is 483 g/mol. The molecule has 0 saturated carbocycles. The fourth-order valence-electron chi connectivity index (χ4n) is 4.11. The molecule has 1 heterocycles. The molecule has 4 aromatic rings. The van der Waals surface area contributed by atoms with Crippen LogP contribution in [0.3, 0.4) is 0 Å². The standard InChI is InChI=1S/C27H25F3N2O3/c1-26(2,34)15-24(18-4-6-19(7-5-18)25(33)35-3)32-23-13-10-20(14-21(23)16-31-32)17-8-11-22(12-9-17)27(28,29)30/h4-14,16,24,34H,15H2,1-3H3. The van der Waals surface area contributed by atoms with Gasteiger partial charge < -0.3 is 9.84 Å². The van der Waals surface area contributed by atoms with E-state index < -0.39 is 23.3 Å². The zero-order valence-corrected chi connectivity index (χ0v) is 19.5. The van der Waals surface area contributed by atoms with Crippen LogP contribution in [-0.4, -0.2) is 33.6 Å². The van der Waals surface area contributed by atoms with E-state index in [0.717, 1.165) is 34.2 Å². The van der Waals surface area contributed by atoms with Crippen LogP contribution in [0.4, 0.5) is 13.2 Å². The van der Waals surface area contributed by atoms with Gasteiger partial charge in [-0.1, -0.05) is 30.3 Å². The maximum Gasteiger partial charge on any atom is 0.416 e. The van der Waals surface area contributed by atoms with Crippen molar-refractivity contribution in [2.75, 3.05) is 7.11 Å². The smallest absolute Gasteiger partial charge is 0.416 e. The van der Waals surface area contributed by atoms with E-state index in [9.17, 15) is 23.1 Å². The first kappa shape index (κ1) is 24.5. The minimum Gasteiger partial charge on any atom is -0.465 e. The van der Waals surface area contributed by atoms with Crippen molar-refractivity contribution in [2.45, 2.75) is 38.1 Å². The van der Waals surface area contributed by atoms with Crippen LogP contribution >= 0.6 is 0 Å². The summed E-state index contributed by atoms with van der Waals surface area (Å²) >= 11 is 0. The molecule has 182 valence electrons. The summed E-state index contributed by atoms with van der Waals surface area (Å²) in [4.78, 5) is 11.8. The number of ether oxygens (including phenoxy) is 1. The summed E-state index contributed by atoms with van der Waals surface area (Å²) in [6, 6.07) is 17.3. The van der Waals surface area contributed by atoms with E-state index in [-0.39, 0.29) is 6.04 Å². The summed E-state index contributed by atoms with van der Waals surface area (Å²) in [6.07, 6.45) is -2.32. The third-order valence-corrected chi connectivity index (χ3v) is 5.85. The van der Waals surface area contributed by atoms with Crippen LogP contribution in [0.15, 0.2) is 72.9 Å². The highest BCUT2D eigenvalue weighted by atomic mass is 19.4. The lowest BCUT2D eigenvalue weighted by atomic mass is 9.93. The summed E-state index contributed by atoms with van der Waals surface area (Å²) in [7, 11) is 1.32. The van der Waals surface area contributed by atoms with Gasteiger partial charge in [0, 0.05) is 11.8 Å². The Bertz CT molecular complexity index is 1340. The highest BCUT2D eigenvalue weighted by Gasteiger charge is 2.30. The van der Waals surface area contributed by atoms with E-state index in [2.05, 4.69) is 5.10 Å².